The van der Waals surface area contributed by atoms with Gasteiger partial charge in [-0.1, -0.05) is 0 Å². The Bertz CT molecular complexity index is 516. The summed E-state index contributed by atoms with van der Waals surface area (Å²) in [6.45, 7) is 2.39. The maximum Gasteiger partial charge on any atom is 0.337 e. The Morgan fingerprint density at radius 2 is 2.10 bits per heavy atom. The first-order valence-corrected chi connectivity index (χ1v) is 5.78. The van der Waals surface area contributed by atoms with Gasteiger partial charge in [0.2, 0.25) is 0 Å². The molecule has 2 amide bonds. The first kappa shape index (κ1) is 15.7. The molecule has 0 saturated heterocycles. The van der Waals surface area contributed by atoms with Crippen molar-refractivity contribution in [1.82, 2.24) is 10.3 Å². The molecule has 8 nitrogen and oxygen atoms in total. The summed E-state index contributed by atoms with van der Waals surface area (Å²) < 4.78 is 5.04. The second kappa shape index (κ2) is 6.20. The molecule has 0 bridgehead atoms. The number of carbonyl (C=O) groups excluding carboxylic acids is 1. The van der Waals surface area contributed by atoms with Crippen LogP contribution < -0.4 is 15.4 Å². The fraction of sp³-hybridized carbons (Fsp3) is 0.417. The van der Waals surface area contributed by atoms with Crippen molar-refractivity contribution >= 4 is 17.8 Å². The number of pyridine rings is 1. The molecule has 0 aliphatic carbocycles. The van der Waals surface area contributed by atoms with Gasteiger partial charge in [0.15, 0.2) is 17.2 Å². The SMILES string of the molecule is COc1ccc(C)nc1NC(=O)NCC(C)(O)C(=O)O. The van der Waals surface area contributed by atoms with E-state index in [1.165, 1.54) is 7.11 Å². The molecule has 110 valence electrons. The molecule has 20 heavy (non-hydrogen) atoms. The zero-order valence-electron chi connectivity index (χ0n) is 11.4. The fourth-order valence-corrected chi connectivity index (χ4v) is 1.28. The molecule has 8 heteroatoms. The predicted octanol–water partition coefficient (Wildman–Crippen LogP) is 0.356. The normalized spacial score (nSPS) is 13.2. The van der Waals surface area contributed by atoms with Crippen LogP contribution in [0, 0.1) is 6.92 Å². The highest BCUT2D eigenvalue weighted by atomic mass is 16.5. The van der Waals surface area contributed by atoms with Gasteiger partial charge in [0.05, 0.1) is 13.7 Å². The molecule has 0 aliphatic heterocycles. The third kappa shape index (κ3) is 4.09. The summed E-state index contributed by atoms with van der Waals surface area (Å²) in [6, 6.07) is 2.67. The number of carboxylic acid groups (broad SMARTS) is 1. The first-order chi connectivity index (χ1) is 9.26. The van der Waals surface area contributed by atoms with E-state index in [-0.39, 0.29) is 5.82 Å². The van der Waals surface area contributed by atoms with Gasteiger partial charge in [0, 0.05) is 5.69 Å². The summed E-state index contributed by atoms with van der Waals surface area (Å²) in [5.41, 5.74) is -1.36. The number of rotatable bonds is 5. The van der Waals surface area contributed by atoms with Crippen molar-refractivity contribution in [2.24, 2.45) is 0 Å². The van der Waals surface area contributed by atoms with Crippen molar-refractivity contribution in [3.63, 3.8) is 0 Å². The van der Waals surface area contributed by atoms with E-state index in [9.17, 15) is 14.7 Å². The van der Waals surface area contributed by atoms with E-state index in [0.717, 1.165) is 6.92 Å². The van der Waals surface area contributed by atoms with Crippen molar-refractivity contribution in [2.45, 2.75) is 19.4 Å². The van der Waals surface area contributed by atoms with Crippen LogP contribution in [0.1, 0.15) is 12.6 Å². The number of aliphatic carboxylic acids is 1. The van der Waals surface area contributed by atoms with Crippen LogP contribution in [0.25, 0.3) is 0 Å². The molecule has 1 aromatic heterocycles. The Balaban J connectivity index is 2.68. The first-order valence-electron chi connectivity index (χ1n) is 5.78. The molecule has 0 aliphatic rings. The summed E-state index contributed by atoms with van der Waals surface area (Å²) in [5.74, 6) is -0.847. The topological polar surface area (TPSA) is 121 Å². The molecule has 1 aromatic rings. The van der Waals surface area contributed by atoms with Crippen molar-refractivity contribution in [3.8, 4) is 5.75 Å². The van der Waals surface area contributed by atoms with Gasteiger partial charge < -0.3 is 20.3 Å². The molecule has 1 rings (SSSR count). The van der Waals surface area contributed by atoms with Gasteiger partial charge in [-0.05, 0) is 26.0 Å². The molecule has 0 fully saturated rings. The molecule has 0 spiro atoms. The number of carboxylic acids is 1. The summed E-state index contributed by atoms with van der Waals surface area (Å²) in [7, 11) is 1.44. The Hall–Kier alpha value is -2.35. The average molecular weight is 283 g/mol. The van der Waals surface area contributed by atoms with Crippen molar-refractivity contribution in [2.75, 3.05) is 19.0 Å². The number of aromatic nitrogens is 1. The predicted molar refractivity (Wildman–Crippen MR) is 70.8 cm³/mol. The van der Waals surface area contributed by atoms with Gasteiger partial charge >= 0.3 is 12.0 Å². The van der Waals surface area contributed by atoms with E-state index in [0.29, 0.717) is 11.4 Å². The third-order valence-electron chi connectivity index (χ3n) is 2.50. The van der Waals surface area contributed by atoms with Crippen molar-refractivity contribution < 1.29 is 24.5 Å². The van der Waals surface area contributed by atoms with Gasteiger partial charge in [-0.25, -0.2) is 14.6 Å². The molecule has 0 aromatic carbocycles. The summed E-state index contributed by atoms with van der Waals surface area (Å²) in [4.78, 5) is 26.4. The number of carbonyl (C=O) groups is 2. The zero-order chi connectivity index (χ0) is 15.3. The summed E-state index contributed by atoms with van der Waals surface area (Å²) in [5, 5.41) is 22.8. The van der Waals surface area contributed by atoms with E-state index < -0.39 is 24.1 Å². The van der Waals surface area contributed by atoms with Crippen molar-refractivity contribution in [1.29, 1.82) is 0 Å². The number of urea groups is 1. The van der Waals surface area contributed by atoms with E-state index in [2.05, 4.69) is 15.6 Å². The van der Waals surface area contributed by atoms with E-state index in [1.54, 1.807) is 19.1 Å². The molecule has 1 heterocycles. The van der Waals surface area contributed by atoms with E-state index in [4.69, 9.17) is 9.84 Å². The average Bonchev–Trinajstić information content (AvgIpc) is 2.36. The molecule has 1 atom stereocenters. The largest absolute Gasteiger partial charge is 0.493 e. The Labute approximate surface area is 115 Å². The van der Waals surface area contributed by atoms with Gasteiger partial charge in [-0.2, -0.15) is 0 Å². The lowest BCUT2D eigenvalue weighted by atomic mass is 10.1. The molecule has 0 radical (unpaired) electrons. The number of aliphatic hydroxyl groups is 1. The summed E-state index contributed by atoms with van der Waals surface area (Å²) >= 11 is 0. The number of hydrogen-bond donors (Lipinski definition) is 4. The van der Waals surface area contributed by atoms with E-state index >= 15 is 0 Å². The molecular weight excluding hydrogens is 266 g/mol. The van der Waals surface area contributed by atoms with Crippen LogP contribution in [0.4, 0.5) is 10.6 Å². The highest BCUT2D eigenvalue weighted by Gasteiger charge is 2.30. The summed E-state index contributed by atoms with van der Waals surface area (Å²) in [6.07, 6.45) is 0. The van der Waals surface area contributed by atoms with Crippen LogP contribution in [0.5, 0.6) is 5.75 Å². The minimum absolute atomic E-state index is 0.208. The number of methoxy groups -OCH3 is 1. The quantitative estimate of drug-likeness (QED) is 0.619. The minimum Gasteiger partial charge on any atom is -0.493 e. The van der Waals surface area contributed by atoms with Crippen LogP contribution in [0.15, 0.2) is 12.1 Å². The number of hydrogen-bond acceptors (Lipinski definition) is 5. The molecule has 4 N–H and O–H groups in total. The van der Waals surface area contributed by atoms with Gasteiger partial charge in [-0.15, -0.1) is 0 Å². The second-order valence-electron chi connectivity index (χ2n) is 4.39. The van der Waals surface area contributed by atoms with Crippen molar-refractivity contribution in [3.05, 3.63) is 17.8 Å². The van der Waals surface area contributed by atoms with Gasteiger partial charge in [0.1, 0.15) is 0 Å². The number of nitrogens with zero attached hydrogens (tertiary/aromatic N) is 1. The number of amides is 2. The Morgan fingerprint density at radius 1 is 1.45 bits per heavy atom. The van der Waals surface area contributed by atoms with Crippen LogP contribution in [-0.2, 0) is 4.79 Å². The lowest BCUT2D eigenvalue weighted by Gasteiger charge is -2.18. The highest BCUT2D eigenvalue weighted by Crippen LogP contribution is 2.21. The lowest BCUT2D eigenvalue weighted by molar-refractivity contribution is -0.155. The van der Waals surface area contributed by atoms with Gasteiger partial charge in [-0.3, -0.25) is 5.32 Å². The number of ether oxygens (including phenoxy) is 1. The number of nitrogens with one attached hydrogen (secondary N) is 2. The lowest BCUT2D eigenvalue weighted by Crippen LogP contribution is -2.47. The smallest absolute Gasteiger partial charge is 0.337 e. The van der Waals surface area contributed by atoms with Crippen LogP contribution in [-0.4, -0.2) is 46.5 Å². The number of aryl methyl sites for hydroxylation is 1. The Kier molecular flexibility index (Phi) is 4.87. The van der Waals surface area contributed by atoms with Crippen LogP contribution in [0.3, 0.4) is 0 Å². The molecule has 0 saturated carbocycles. The molecule has 1 unspecified atom stereocenters. The third-order valence-corrected chi connectivity index (χ3v) is 2.50. The molecular formula is C12H17N3O5. The van der Waals surface area contributed by atoms with Gasteiger partial charge in [0.25, 0.3) is 0 Å². The number of anilines is 1. The Morgan fingerprint density at radius 3 is 2.65 bits per heavy atom. The zero-order valence-corrected chi connectivity index (χ0v) is 11.4. The van der Waals surface area contributed by atoms with E-state index in [1.807, 2.05) is 0 Å². The maximum absolute atomic E-state index is 11.6. The monoisotopic (exact) mass is 283 g/mol. The second-order valence-corrected chi connectivity index (χ2v) is 4.39. The maximum atomic E-state index is 11.6. The fourth-order valence-electron chi connectivity index (χ4n) is 1.28. The minimum atomic E-state index is -2.04. The van der Waals surface area contributed by atoms with Crippen LogP contribution >= 0.6 is 0 Å². The highest BCUT2D eigenvalue weighted by molar-refractivity contribution is 5.90. The van der Waals surface area contributed by atoms with Crippen LogP contribution in [0.2, 0.25) is 0 Å². The standard InChI is InChI=1S/C12H17N3O5/c1-7-4-5-8(20-3)9(14-7)15-11(18)13-6-12(2,19)10(16)17/h4-5,19H,6H2,1-3H3,(H,16,17)(H2,13,14,15,18).